The van der Waals surface area contributed by atoms with Crippen molar-refractivity contribution < 1.29 is 23.2 Å². The first-order valence-electron chi connectivity index (χ1n) is 13.0. The Morgan fingerprint density at radius 3 is 2.58 bits per heavy atom. The fourth-order valence-electron chi connectivity index (χ4n) is 4.71. The van der Waals surface area contributed by atoms with Gasteiger partial charge in [0, 0.05) is 23.9 Å². The molecule has 4 aromatic rings. The highest BCUT2D eigenvalue weighted by molar-refractivity contribution is 5.80. The SMILES string of the molecule is O=C(Cc1ccc(OCc2ccccc2)cc1)OCC=CCN1CCC(c2noc3cc(F)ccc23)CC1. The number of carbonyl (C=O) groups excluding carboxylic acids is 1. The van der Waals surface area contributed by atoms with Gasteiger partial charge in [0.05, 0.1) is 12.1 Å². The molecule has 6 nitrogen and oxygen atoms in total. The Morgan fingerprint density at radius 2 is 1.79 bits per heavy atom. The summed E-state index contributed by atoms with van der Waals surface area (Å²) in [6.07, 6.45) is 6.10. The number of esters is 1. The maximum atomic E-state index is 13.4. The van der Waals surface area contributed by atoms with Crippen LogP contribution in [0.5, 0.6) is 5.75 Å². The Hall–Kier alpha value is -3.97. The molecule has 0 amide bonds. The van der Waals surface area contributed by atoms with E-state index in [9.17, 15) is 9.18 Å². The summed E-state index contributed by atoms with van der Waals surface area (Å²) in [4.78, 5) is 14.6. The highest BCUT2D eigenvalue weighted by Gasteiger charge is 2.24. The van der Waals surface area contributed by atoms with E-state index >= 15 is 0 Å². The Labute approximate surface area is 221 Å². The highest BCUT2D eigenvalue weighted by Crippen LogP contribution is 2.32. The fourth-order valence-corrected chi connectivity index (χ4v) is 4.71. The molecule has 5 rings (SSSR count). The van der Waals surface area contributed by atoms with E-state index in [4.69, 9.17) is 14.0 Å². The average molecular weight is 515 g/mol. The summed E-state index contributed by atoms with van der Waals surface area (Å²) in [6.45, 7) is 3.45. The summed E-state index contributed by atoms with van der Waals surface area (Å²) in [5.41, 5.74) is 3.43. The van der Waals surface area contributed by atoms with E-state index in [0.717, 1.165) is 60.4 Å². The zero-order valence-corrected chi connectivity index (χ0v) is 21.2. The third-order valence-corrected chi connectivity index (χ3v) is 6.83. The molecule has 1 saturated heterocycles. The van der Waals surface area contributed by atoms with Crippen LogP contribution >= 0.6 is 0 Å². The van der Waals surface area contributed by atoms with E-state index in [1.807, 2.05) is 66.7 Å². The van der Waals surface area contributed by atoms with Gasteiger partial charge in [0.25, 0.3) is 0 Å². The number of fused-ring (bicyclic) bond motifs is 1. The van der Waals surface area contributed by atoms with E-state index in [1.165, 1.54) is 12.1 Å². The lowest BCUT2D eigenvalue weighted by molar-refractivity contribution is -0.141. The molecule has 3 aromatic carbocycles. The van der Waals surface area contributed by atoms with Crippen LogP contribution in [0.2, 0.25) is 0 Å². The van der Waals surface area contributed by atoms with Crippen molar-refractivity contribution in [1.29, 1.82) is 0 Å². The fraction of sp³-hybridized carbons (Fsp3) is 0.290. The third kappa shape index (κ3) is 6.86. The Balaban J connectivity index is 0.982. The van der Waals surface area contributed by atoms with Crippen LogP contribution in [0.3, 0.4) is 0 Å². The lowest BCUT2D eigenvalue weighted by Crippen LogP contribution is -2.33. The predicted molar refractivity (Wildman–Crippen MR) is 143 cm³/mol. The first-order valence-corrected chi connectivity index (χ1v) is 13.0. The van der Waals surface area contributed by atoms with Crippen molar-refractivity contribution in [3.05, 3.63) is 108 Å². The van der Waals surface area contributed by atoms with Gasteiger partial charge in [-0.2, -0.15) is 0 Å². The summed E-state index contributed by atoms with van der Waals surface area (Å²) < 4.78 is 29.9. The van der Waals surface area contributed by atoms with Gasteiger partial charge < -0.3 is 14.0 Å². The third-order valence-electron chi connectivity index (χ3n) is 6.83. The van der Waals surface area contributed by atoms with Crippen LogP contribution in [0.15, 0.2) is 89.5 Å². The smallest absolute Gasteiger partial charge is 0.310 e. The van der Waals surface area contributed by atoms with E-state index < -0.39 is 0 Å². The molecule has 0 saturated carbocycles. The number of aromatic nitrogens is 1. The Kier molecular flexibility index (Phi) is 8.46. The van der Waals surface area contributed by atoms with Gasteiger partial charge in [0.15, 0.2) is 5.58 Å². The van der Waals surface area contributed by atoms with Crippen LogP contribution in [-0.4, -0.2) is 42.3 Å². The Bertz CT molecular complexity index is 1360. The van der Waals surface area contributed by atoms with Gasteiger partial charge in [-0.3, -0.25) is 9.69 Å². The van der Waals surface area contributed by atoms with Gasteiger partial charge in [0.2, 0.25) is 0 Å². The van der Waals surface area contributed by atoms with Crippen molar-refractivity contribution >= 4 is 16.9 Å². The molecule has 0 bridgehead atoms. The quantitative estimate of drug-likeness (QED) is 0.189. The summed E-state index contributed by atoms with van der Waals surface area (Å²) in [7, 11) is 0. The predicted octanol–water partition coefficient (Wildman–Crippen LogP) is 6.07. The topological polar surface area (TPSA) is 64.8 Å². The minimum atomic E-state index is -0.314. The largest absolute Gasteiger partial charge is 0.489 e. The van der Waals surface area contributed by atoms with Gasteiger partial charge in [-0.15, -0.1) is 0 Å². The second-order valence-corrected chi connectivity index (χ2v) is 9.53. The monoisotopic (exact) mass is 514 g/mol. The second-order valence-electron chi connectivity index (χ2n) is 9.53. The number of carbonyl (C=O) groups is 1. The molecule has 0 N–H and O–H groups in total. The summed E-state index contributed by atoms with van der Waals surface area (Å²) in [5, 5.41) is 5.11. The molecule has 0 aliphatic carbocycles. The van der Waals surface area contributed by atoms with Crippen LogP contribution in [0, 0.1) is 5.82 Å². The number of hydrogen-bond donors (Lipinski definition) is 0. The maximum Gasteiger partial charge on any atom is 0.310 e. The molecule has 38 heavy (non-hydrogen) atoms. The first-order chi connectivity index (χ1) is 18.6. The number of likely N-dealkylation sites (tertiary alicyclic amines) is 1. The highest BCUT2D eigenvalue weighted by atomic mass is 19.1. The number of hydrogen-bond acceptors (Lipinski definition) is 6. The lowest BCUT2D eigenvalue weighted by atomic mass is 9.91. The normalized spacial score (nSPS) is 14.8. The number of ether oxygens (including phenoxy) is 2. The zero-order valence-electron chi connectivity index (χ0n) is 21.2. The second kappa shape index (κ2) is 12.5. The molecule has 0 spiro atoms. The zero-order chi connectivity index (χ0) is 26.2. The molecule has 1 aliphatic heterocycles. The first kappa shape index (κ1) is 25.7. The molecular weight excluding hydrogens is 483 g/mol. The van der Waals surface area contributed by atoms with Crippen LogP contribution in [-0.2, 0) is 22.6 Å². The minimum absolute atomic E-state index is 0.226. The number of piperidine rings is 1. The number of halogens is 1. The average Bonchev–Trinajstić information content (AvgIpc) is 3.36. The molecule has 1 fully saturated rings. The number of rotatable bonds is 10. The molecular formula is C31H31FN2O4. The van der Waals surface area contributed by atoms with E-state index in [-0.39, 0.29) is 24.8 Å². The summed E-state index contributed by atoms with van der Waals surface area (Å²) >= 11 is 0. The molecule has 1 aromatic heterocycles. The van der Waals surface area contributed by atoms with Crippen molar-refractivity contribution in [2.24, 2.45) is 0 Å². The molecule has 196 valence electrons. The van der Waals surface area contributed by atoms with Crippen molar-refractivity contribution in [3.8, 4) is 5.75 Å². The maximum absolute atomic E-state index is 13.4. The number of nitrogens with zero attached hydrogens (tertiary/aromatic N) is 2. The van der Waals surface area contributed by atoms with E-state index in [2.05, 4.69) is 10.1 Å². The van der Waals surface area contributed by atoms with Crippen LogP contribution in [0.1, 0.15) is 35.6 Å². The van der Waals surface area contributed by atoms with Gasteiger partial charge in [-0.1, -0.05) is 53.7 Å². The lowest BCUT2D eigenvalue weighted by Gasteiger charge is -2.30. The standard InChI is InChI=1S/C31H31FN2O4/c32-26-10-13-28-29(21-26)38-33-31(28)25-14-17-34(18-15-25)16-4-5-19-36-30(35)20-23-8-11-27(12-9-23)37-22-24-6-2-1-3-7-24/h1-13,21,25H,14-20,22H2. The van der Waals surface area contributed by atoms with Crippen LogP contribution < -0.4 is 4.74 Å². The molecule has 2 heterocycles. The molecule has 0 atom stereocenters. The summed E-state index contributed by atoms with van der Waals surface area (Å²) in [5.74, 6) is 0.509. The van der Waals surface area contributed by atoms with Gasteiger partial charge in [-0.25, -0.2) is 4.39 Å². The van der Waals surface area contributed by atoms with Gasteiger partial charge in [0.1, 0.15) is 24.8 Å². The molecule has 1 aliphatic rings. The van der Waals surface area contributed by atoms with Crippen molar-refractivity contribution in [1.82, 2.24) is 10.1 Å². The molecule has 0 unspecified atom stereocenters. The van der Waals surface area contributed by atoms with E-state index in [1.54, 1.807) is 6.07 Å². The van der Waals surface area contributed by atoms with Crippen molar-refractivity contribution in [2.75, 3.05) is 26.2 Å². The van der Waals surface area contributed by atoms with Crippen LogP contribution in [0.25, 0.3) is 11.0 Å². The molecule has 0 radical (unpaired) electrons. The van der Waals surface area contributed by atoms with Crippen molar-refractivity contribution in [2.45, 2.75) is 31.8 Å². The molecule has 7 heteroatoms. The Morgan fingerprint density at radius 1 is 1.00 bits per heavy atom. The van der Waals surface area contributed by atoms with Gasteiger partial charge >= 0.3 is 5.97 Å². The van der Waals surface area contributed by atoms with E-state index in [0.29, 0.717) is 18.1 Å². The van der Waals surface area contributed by atoms with Crippen LogP contribution in [0.4, 0.5) is 4.39 Å². The summed E-state index contributed by atoms with van der Waals surface area (Å²) in [6, 6.07) is 22.1. The number of benzene rings is 3. The van der Waals surface area contributed by atoms with Crippen molar-refractivity contribution in [3.63, 3.8) is 0 Å². The minimum Gasteiger partial charge on any atom is -0.489 e. The van der Waals surface area contributed by atoms with Gasteiger partial charge in [-0.05, 0) is 67.4 Å².